The van der Waals surface area contributed by atoms with Crippen molar-refractivity contribution in [3.63, 3.8) is 0 Å². The van der Waals surface area contributed by atoms with Crippen molar-refractivity contribution in [1.82, 2.24) is 0 Å². The van der Waals surface area contributed by atoms with Crippen LogP contribution in [0.3, 0.4) is 0 Å². The second kappa shape index (κ2) is 2.60. The molecule has 1 aliphatic heterocycles. The molecule has 0 bridgehead atoms. The summed E-state index contributed by atoms with van der Waals surface area (Å²) in [6, 6.07) is 0. The number of esters is 1. The maximum Gasteiger partial charge on any atom is 0.334 e. The average Bonchev–Trinajstić information content (AvgIpc) is 2.25. The summed E-state index contributed by atoms with van der Waals surface area (Å²) >= 11 is 0. The molecule has 72 valence electrons. The van der Waals surface area contributed by atoms with Crippen molar-refractivity contribution in [3.05, 3.63) is 11.1 Å². The lowest BCUT2D eigenvalue weighted by Gasteiger charge is -2.33. The lowest BCUT2D eigenvalue weighted by molar-refractivity contribution is -0.141. The Hall–Kier alpha value is -0.790. The molecular weight excluding hydrogens is 164 g/mol. The maximum absolute atomic E-state index is 11.3. The smallest absolute Gasteiger partial charge is 0.334 e. The van der Waals surface area contributed by atoms with Crippen molar-refractivity contribution < 1.29 is 9.53 Å². The Morgan fingerprint density at radius 1 is 1.46 bits per heavy atom. The molecule has 0 aromatic carbocycles. The van der Waals surface area contributed by atoms with Crippen molar-refractivity contribution in [1.29, 1.82) is 0 Å². The van der Waals surface area contributed by atoms with E-state index in [0.29, 0.717) is 5.41 Å². The molecule has 1 atom stereocenters. The highest BCUT2D eigenvalue weighted by atomic mass is 16.5. The lowest BCUT2D eigenvalue weighted by Crippen LogP contribution is -2.28. The molecule has 1 aliphatic carbocycles. The first-order valence-electron chi connectivity index (χ1n) is 4.90. The minimum atomic E-state index is -0.0994. The van der Waals surface area contributed by atoms with E-state index in [9.17, 15) is 4.79 Å². The van der Waals surface area contributed by atoms with E-state index in [0.717, 1.165) is 18.4 Å². The fraction of sp³-hybridized carbons (Fsp3) is 0.727. The zero-order chi connectivity index (χ0) is 9.64. The van der Waals surface area contributed by atoms with E-state index < -0.39 is 0 Å². The molecule has 1 heterocycles. The third kappa shape index (κ3) is 1.38. The Kier molecular flexibility index (Phi) is 1.76. The van der Waals surface area contributed by atoms with Crippen molar-refractivity contribution in [2.45, 2.75) is 46.1 Å². The Morgan fingerprint density at radius 3 is 2.85 bits per heavy atom. The summed E-state index contributed by atoms with van der Waals surface area (Å²) in [6.45, 7) is 6.37. The van der Waals surface area contributed by atoms with Crippen molar-refractivity contribution >= 4 is 5.97 Å². The molecule has 1 unspecified atom stereocenters. The summed E-state index contributed by atoms with van der Waals surface area (Å²) in [4.78, 5) is 11.3. The van der Waals surface area contributed by atoms with E-state index in [1.54, 1.807) is 0 Å². The molecule has 0 aromatic heterocycles. The Labute approximate surface area is 79.0 Å². The standard InChI is InChI=1S/C11H16O2/c1-7-8-4-5-11(2,3)6-9(8)13-10(7)12/h9H,4-6H2,1-3H3. The van der Waals surface area contributed by atoms with Gasteiger partial charge in [-0.25, -0.2) is 4.79 Å². The fourth-order valence-electron chi connectivity index (χ4n) is 2.25. The van der Waals surface area contributed by atoms with Crippen LogP contribution in [0, 0.1) is 5.41 Å². The van der Waals surface area contributed by atoms with Crippen LogP contribution in [0.1, 0.15) is 40.0 Å². The highest BCUT2D eigenvalue weighted by Gasteiger charge is 2.39. The largest absolute Gasteiger partial charge is 0.454 e. The molecule has 0 N–H and O–H groups in total. The zero-order valence-electron chi connectivity index (χ0n) is 8.52. The number of rotatable bonds is 0. The molecule has 2 nitrogen and oxygen atoms in total. The van der Waals surface area contributed by atoms with E-state index in [4.69, 9.17) is 4.74 Å². The fourth-order valence-corrected chi connectivity index (χ4v) is 2.25. The van der Waals surface area contributed by atoms with Crippen molar-refractivity contribution in [3.8, 4) is 0 Å². The van der Waals surface area contributed by atoms with E-state index >= 15 is 0 Å². The van der Waals surface area contributed by atoms with Gasteiger partial charge < -0.3 is 4.74 Å². The van der Waals surface area contributed by atoms with Crippen molar-refractivity contribution in [2.24, 2.45) is 5.41 Å². The average molecular weight is 180 g/mol. The first-order valence-corrected chi connectivity index (χ1v) is 4.90. The van der Waals surface area contributed by atoms with Crippen LogP contribution in [0.4, 0.5) is 0 Å². The van der Waals surface area contributed by atoms with Crippen LogP contribution < -0.4 is 0 Å². The molecule has 0 aromatic rings. The number of hydrogen-bond donors (Lipinski definition) is 0. The number of fused-ring (bicyclic) bond motifs is 1. The molecule has 0 amide bonds. The summed E-state index contributed by atoms with van der Waals surface area (Å²) in [5.74, 6) is -0.0994. The lowest BCUT2D eigenvalue weighted by atomic mass is 9.74. The van der Waals surface area contributed by atoms with Gasteiger partial charge in [-0.3, -0.25) is 0 Å². The first-order chi connectivity index (χ1) is 5.99. The number of carbonyl (C=O) groups excluding carboxylic acids is 1. The first kappa shape index (κ1) is 8.79. The van der Waals surface area contributed by atoms with Gasteiger partial charge in [-0.05, 0) is 37.2 Å². The molecule has 2 rings (SSSR count). The third-order valence-corrected chi connectivity index (χ3v) is 3.23. The summed E-state index contributed by atoms with van der Waals surface area (Å²) < 4.78 is 5.30. The van der Waals surface area contributed by atoms with Gasteiger partial charge in [0, 0.05) is 5.57 Å². The number of hydrogen-bond acceptors (Lipinski definition) is 2. The molecule has 0 spiro atoms. The van der Waals surface area contributed by atoms with Crippen LogP contribution in [0.25, 0.3) is 0 Å². The van der Waals surface area contributed by atoms with Gasteiger partial charge in [0.1, 0.15) is 6.10 Å². The quantitative estimate of drug-likeness (QED) is 0.535. The number of carbonyl (C=O) groups is 1. The van der Waals surface area contributed by atoms with Gasteiger partial charge in [-0.15, -0.1) is 0 Å². The molecule has 2 aliphatic rings. The van der Waals surface area contributed by atoms with Crippen LogP contribution in [0.2, 0.25) is 0 Å². The topological polar surface area (TPSA) is 26.3 Å². The second-order valence-corrected chi connectivity index (χ2v) is 4.91. The van der Waals surface area contributed by atoms with Gasteiger partial charge in [0.25, 0.3) is 0 Å². The van der Waals surface area contributed by atoms with Gasteiger partial charge in [-0.1, -0.05) is 13.8 Å². The van der Waals surface area contributed by atoms with E-state index in [2.05, 4.69) is 13.8 Å². The Bertz CT molecular complexity index is 286. The van der Waals surface area contributed by atoms with E-state index in [-0.39, 0.29) is 12.1 Å². The second-order valence-electron chi connectivity index (χ2n) is 4.91. The third-order valence-electron chi connectivity index (χ3n) is 3.23. The molecular formula is C11H16O2. The van der Waals surface area contributed by atoms with Gasteiger partial charge >= 0.3 is 5.97 Å². The van der Waals surface area contributed by atoms with Crippen LogP contribution in [-0.2, 0) is 9.53 Å². The molecule has 0 saturated heterocycles. The number of ether oxygens (including phenoxy) is 1. The van der Waals surface area contributed by atoms with Gasteiger partial charge in [0.2, 0.25) is 0 Å². The summed E-state index contributed by atoms with van der Waals surface area (Å²) in [5, 5.41) is 0. The van der Waals surface area contributed by atoms with E-state index in [1.165, 1.54) is 12.0 Å². The molecule has 1 fully saturated rings. The Balaban J connectivity index is 2.24. The SMILES string of the molecule is CC1=C2CCC(C)(C)CC2OC1=O. The summed E-state index contributed by atoms with van der Waals surface area (Å²) in [5.41, 5.74) is 2.45. The zero-order valence-corrected chi connectivity index (χ0v) is 8.52. The van der Waals surface area contributed by atoms with Gasteiger partial charge in [0.15, 0.2) is 0 Å². The maximum atomic E-state index is 11.3. The van der Waals surface area contributed by atoms with Crippen LogP contribution in [0.5, 0.6) is 0 Å². The van der Waals surface area contributed by atoms with Crippen molar-refractivity contribution in [2.75, 3.05) is 0 Å². The van der Waals surface area contributed by atoms with Crippen LogP contribution >= 0.6 is 0 Å². The Morgan fingerprint density at radius 2 is 2.15 bits per heavy atom. The normalized spacial score (nSPS) is 31.6. The van der Waals surface area contributed by atoms with Crippen LogP contribution in [-0.4, -0.2) is 12.1 Å². The molecule has 13 heavy (non-hydrogen) atoms. The molecule has 0 radical (unpaired) electrons. The molecule has 2 heteroatoms. The monoisotopic (exact) mass is 180 g/mol. The molecule has 1 saturated carbocycles. The minimum absolute atomic E-state index is 0.0937. The van der Waals surface area contributed by atoms with Crippen LogP contribution in [0.15, 0.2) is 11.1 Å². The predicted molar refractivity (Wildman–Crippen MR) is 50.2 cm³/mol. The highest BCUT2D eigenvalue weighted by Crippen LogP contribution is 2.43. The van der Waals surface area contributed by atoms with E-state index in [1.807, 2.05) is 6.92 Å². The highest BCUT2D eigenvalue weighted by molar-refractivity contribution is 5.91. The van der Waals surface area contributed by atoms with Gasteiger partial charge in [0.05, 0.1) is 0 Å². The minimum Gasteiger partial charge on any atom is -0.454 e. The summed E-state index contributed by atoms with van der Waals surface area (Å²) in [6.07, 6.45) is 3.30. The predicted octanol–water partition coefficient (Wildman–Crippen LogP) is 2.44. The van der Waals surface area contributed by atoms with Gasteiger partial charge in [-0.2, -0.15) is 0 Å². The summed E-state index contributed by atoms with van der Waals surface area (Å²) in [7, 11) is 0.